The molecule has 78 valence electrons. The second-order valence-corrected chi connectivity index (χ2v) is 4.69. The van der Waals surface area contributed by atoms with E-state index < -0.39 is 0 Å². The van der Waals surface area contributed by atoms with E-state index >= 15 is 0 Å². The van der Waals surface area contributed by atoms with Crippen molar-refractivity contribution in [3.8, 4) is 5.75 Å². The lowest BCUT2D eigenvalue weighted by atomic mass is 10.3. The molecule has 0 spiro atoms. The molecule has 1 nitrogen and oxygen atoms in total. The minimum Gasteiger partial charge on any atom is -0.497 e. The van der Waals surface area contributed by atoms with Gasteiger partial charge in [0.15, 0.2) is 0 Å². The van der Waals surface area contributed by atoms with Crippen molar-refractivity contribution < 1.29 is 4.74 Å². The summed E-state index contributed by atoms with van der Waals surface area (Å²) < 4.78 is 6.32. The normalized spacial score (nSPS) is 14.2. The Labute approximate surface area is 105 Å². The molecular weight excluding hydrogens is 307 g/mol. The quantitative estimate of drug-likeness (QED) is 0.495. The van der Waals surface area contributed by atoms with Crippen LogP contribution in [0.25, 0.3) is 0 Å². The first-order valence-corrected chi connectivity index (χ1v) is 6.62. The first kappa shape index (κ1) is 12.2. The number of alkyl halides is 1. The summed E-state index contributed by atoms with van der Waals surface area (Å²) in [6.07, 6.45) is 3.01. The molecule has 1 fully saturated rings. The molecule has 1 aromatic rings. The maximum atomic E-state index is 4.94. The molecule has 0 bridgehead atoms. The molecular formula is C11H15IOS. The van der Waals surface area contributed by atoms with Crippen LogP contribution in [-0.4, -0.2) is 11.5 Å². The molecule has 0 heterocycles. The van der Waals surface area contributed by atoms with Gasteiger partial charge < -0.3 is 4.74 Å². The fourth-order valence-electron chi connectivity index (χ4n) is 0.854. The van der Waals surface area contributed by atoms with E-state index in [9.17, 15) is 0 Å². The topological polar surface area (TPSA) is 9.23 Å². The molecule has 0 amide bonds. The SMILES string of the molecule is COc1ccc(S)cc1.ICC1CC1. The Hall–Kier alpha value is 0.1000. The van der Waals surface area contributed by atoms with Gasteiger partial charge in [0.25, 0.3) is 0 Å². The van der Waals surface area contributed by atoms with Crippen LogP contribution < -0.4 is 4.74 Å². The maximum absolute atomic E-state index is 4.94. The zero-order chi connectivity index (χ0) is 10.4. The number of benzene rings is 1. The molecule has 1 aliphatic rings. The molecule has 0 atom stereocenters. The summed E-state index contributed by atoms with van der Waals surface area (Å²) in [6, 6.07) is 7.54. The molecule has 1 aromatic carbocycles. The summed E-state index contributed by atoms with van der Waals surface area (Å²) >= 11 is 6.55. The van der Waals surface area contributed by atoms with Crippen molar-refractivity contribution in [2.24, 2.45) is 5.92 Å². The van der Waals surface area contributed by atoms with Gasteiger partial charge in [-0.05, 0) is 43.0 Å². The molecule has 0 aliphatic heterocycles. The summed E-state index contributed by atoms with van der Waals surface area (Å²) in [5, 5.41) is 0. The van der Waals surface area contributed by atoms with Gasteiger partial charge in [0.2, 0.25) is 0 Å². The summed E-state index contributed by atoms with van der Waals surface area (Å²) in [6.45, 7) is 0. The molecule has 0 radical (unpaired) electrons. The minimum atomic E-state index is 0.868. The predicted molar refractivity (Wildman–Crippen MR) is 71.9 cm³/mol. The Kier molecular flexibility index (Phi) is 5.70. The third-order valence-electron chi connectivity index (χ3n) is 1.99. The van der Waals surface area contributed by atoms with E-state index in [1.807, 2.05) is 24.3 Å². The molecule has 0 saturated heterocycles. The van der Waals surface area contributed by atoms with E-state index in [-0.39, 0.29) is 0 Å². The van der Waals surface area contributed by atoms with Gasteiger partial charge in [0.05, 0.1) is 7.11 Å². The van der Waals surface area contributed by atoms with Crippen LogP contribution in [-0.2, 0) is 0 Å². The summed E-state index contributed by atoms with van der Waals surface area (Å²) in [5.41, 5.74) is 0. The molecule has 0 unspecified atom stereocenters. The zero-order valence-corrected chi connectivity index (χ0v) is 11.3. The molecule has 1 aliphatic carbocycles. The van der Waals surface area contributed by atoms with Crippen LogP contribution in [0.15, 0.2) is 29.2 Å². The average molecular weight is 322 g/mol. The molecule has 0 N–H and O–H groups in total. The van der Waals surface area contributed by atoms with Crippen LogP contribution in [0, 0.1) is 5.92 Å². The largest absolute Gasteiger partial charge is 0.497 e. The van der Waals surface area contributed by atoms with Gasteiger partial charge in [-0.2, -0.15) is 0 Å². The van der Waals surface area contributed by atoms with Crippen LogP contribution in [0.4, 0.5) is 0 Å². The third kappa shape index (κ3) is 5.10. The van der Waals surface area contributed by atoms with Gasteiger partial charge >= 0.3 is 0 Å². The zero-order valence-electron chi connectivity index (χ0n) is 8.24. The molecule has 0 aromatic heterocycles. The summed E-state index contributed by atoms with van der Waals surface area (Å²) in [5.74, 6) is 1.99. The Morgan fingerprint density at radius 2 is 1.93 bits per heavy atom. The van der Waals surface area contributed by atoms with Gasteiger partial charge in [-0.15, -0.1) is 12.6 Å². The lowest BCUT2D eigenvalue weighted by Gasteiger charge is -1.96. The van der Waals surface area contributed by atoms with Crippen LogP contribution in [0.5, 0.6) is 5.75 Å². The monoisotopic (exact) mass is 322 g/mol. The first-order valence-electron chi connectivity index (χ1n) is 4.65. The number of methoxy groups -OCH3 is 1. The number of halogens is 1. The van der Waals surface area contributed by atoms with Crippen molar-refractivity contribution in [2.75, 3.05) is 11.5 Å². The molecule has 1 saturated carbocycles. The number of ether oxygens (including phenoxy) is 1. The van der Waals surface area contributed by atoms with Crippen molar-refractivity contribution >= 4 is 35.2 Å². The van der Waals surface area contributed by atoms with Crippen molar-refractivity contribution in [3.05, 3.63) is 24.3 Å². The highest BCUT2D eigenvalue weighted by Crippen LogP contribution is 2.30. The molecule has 2 rings (SSSR count). The van der Waals surface area contributed by atoms with Crippen LogP contribution in [0.2, 0.25) is 0 Å². The number of hydrogen-bond acceptors (Lipinski definition) is 2. The van der Waals surface area contributed by atoms with Crippen molar-refractivity contribution in [1.82, 2.24) is 0 Å². The Balaban J connectivity index is 0.000000165. The standard InChI is InChI=1S/C7H8OS.C4H7I/c1-8-6-2-4-7(9)5-3-6;5-3-4-1-2-4/h2-5,9H,1H3;4H,1-3H2. The molecule has 3 heteroatoms. The van der Waals surface area contributed by atoms with Gasteiger partial charge in [0, 0.05) is 9.32 Å². The van der Waals surface area contributed by atoms with E-state index in [2.05, 4.69) is 35.2 Å². The fraction of sp³-hybridized carbons (Fsp3) is 0.455. The first-order chi connectivity index (χ1) is 6.76. The lowest BCUT2D eigenvalue weighted by molar-refractivity contribution is 0.414. The smallest absolute Gasteiger partial charge is 0.118 e. The van der Waals surface area contributed by atoms with Crippen molar-refractivity contribution in [1.29, 1.82) is 0 Å². The second-order valence-electron chi connectivity index (χ2n) is 3.30. The van der Waals surface area contributed by atoms with Gasteiger partial charge in [-0.1, -0.05) is 22.6 Å². The highest BCUT2D eigenvalue weighted by Gasteiger charge is 2.18. The van der Waals surface area contributed by atoms with E-state index in [0.717, 1.165) is 16.6 Å². The number of thiol groups is 1. The summed E-state index contributed by atoms with van der Waals surface area (Å²) in [7, 11) is 1.65. The average Bonchev–Trinajstić information content (AvgIpc) is 3.03. The Morgan fingerprint density at radius 3 is 2.21 bits per heavy atom. The van der Waals surface area contributed by atoms with E-state index in [1.54, 1.807) is 7.11 Å². The van der Waals surface area contributed by atoms with Crippen molar-refractivity contribution in [3.63, 3.8) is 0 Å². The van der Waals surface area contributed by atoms with Gasteiger partial charge in [-0.25, -0.2) is 0 Å². The third-order valence-corrected chi connectivity index (χ3v) is 3.53. The van der Waals surface area contributed by atoms with Gasteiger partial charge in [-0.3, -0.25) is 0 Å². The predicted octanol–water partition coefficient (Wildman–Crippen LogP) is 3.82. The Bertz CT molecular complexity index is 256. The fourth-order valence-corrected chi connectivity index (χ4v) is 1.88. The van der Waals surface area contributed by atoms with E-state index in [4.69, 9.17) is 4.74 Å². The molecule has 14 heavy (non-hydrogen) atoms. The number of rotatable bonds is 2. The van der Waals surface area contributed by atoms with E-state index in [0.29, 0.717) is 0 Å². The van der Waals surface area contributed by atoms with Gasteiger partial charge in [0.1, 0.15) is 5.75 Å². The van der Waals surface area contributed by atoms with Crippen LogP contribution in [0.1, 0.15) is 12.8 Å². The van der Waals surface area contributed by atoms with Crippen molar-refractivity contribution in [2.45, 2.75) is 17.7 Å². The Morgan fingerprint density at radius 1 is 1.36 bits per heavy atom. The van der Waals surface area contributed by atoms with Crippen LogP contribution in [0.3, 0.4) is 0 Å². The highest BCUT2D eigenvalue weighted by atomic mass is 127. The summed E-state index contributed by atoms with van der Waals surface area (Å²) in [4.78, 5) is 0.954. The maximum Gasteiger partial charge on any atom is 0.118 e. The highest BCUT2D eigenvalue weighted by molar-refractivity contribution is 14.1. The second kappa shape index (κ2) is 6.56. The number of hydrogen-bond donors (Lipinski definition) is 1. The minimum absolute atomic E-state index is 0.868. The lowest BCUT2D eigenvalue weighted by Crippen LogP contribution is -1.79. The van der Waals surface area contributed by atoms with Crippen LogP contribution >= 0.6 is 35.2 Å². The van der Waals surface area contributed by atoms with E-state index in [1.165, 1.54) is 17.3 Å².